The van der Waals surface area contributed by atoms with Crippen LogP contribution in [0.1, 0.15) is 18.9 Å². The van der Waals surface area contributed by atoms with Crippen LogP contribution in [0, 0.1) is 5.82 Å². The highest BCUT2D eigenvalue weighted by Gasteiger charge is 2.15. The van der Waals surface area contributed by atoms with E-state index in [-0.39, 0.29) is 11.7 Å². The van der Waals surface area contributed by atoms with E-state index in [9.17, 15) is 9.18 Å². The van der Waals surface area contributed by atoms with Crippen molar-refractivity contribution < 1.29 is 13.9 Å². The molecule has 1 aromatic heterocycles. The molecule has 1 heterocycles. The fourth-order valence-electron chi connectivity index (χ4n) is 2.83. The lowest BCUT2D eigenvalue weighted by molar-refractivity contribution is -0.120. The smallest absolute Gasteiger partial charge is 0.224 e. The molecule has 0 unspecified atom stereocenters. The largest absolute Gasteiger partial charge is 0.382 e. The van der Waals surface area contributed by atoms with Crippen LogP contribution in [0.3, 0.4) is 0 Å². The normalized spacial score (nSPS) is 11.0. The van der Waals surface area contributed by atoms with Crippen molar-refractivity contribution in [1.29, 1.82) is 0 Å². The molecule has 3 aromatic rings. The second kappa shape index (κ2) is 9.58. The average molecular weight is 386 g/mol. The van der Waals surface area contributed by atoms with Gasteiger partial charge in [-0.1, -0.05) is 30.0 Å². The third kappa shape index (κ3) is 5.34. The van der Waals surface area contributed by atoms with Crippen molar-refractivity contribution in [2.45, 2.75) is 29.7 Å². The minimum absolute atomic E-state index is 0.0165. The summed E-state index contributed by atoms with van der Waals surface area (Å²) < 4.78 is 18.4. The molecule has 2 aromatic carbocycles. The lowest BCUT2D eigenvalue weighted by atomic mass is 10.1. The van der Waals surface area contributed by atoms with Gasteiger partial charge in [0.25, 0.3) is 0 Å². The Kier molecular flexibility index (Phi) is 6.90. The number of carbonyl (C=O) groups excluding carboxylic acids is 1. The van der Waals surface area contributed by atoms with E-state index in [1.54, 1.807) is 12.1 Å². The molecule has 6 heteroatoms. The number of benzene rings is 2. The van der Waals surface area contributed by atoms with Gasteiger partial charge in [0.15, 0.2) is 0 Å². The number of aromatic amines is 1. The Balaban J connectivity index is 1.74. The van der Waals surface area contributed by atoms with Crippen molar-refractivity contribution in [3.8, 4) is 0 Å². The summed E-state index contributed by atoms with van der Waals surface area (Å²) in [5.74, 6) is -0.278. The molecule has 0 spiro atoms. The standard InChI is InChI=1S/C21H23FN2O2S/c1-2-26-13-5-12-23-20(25)14-18-17-6-3-4-7-19(17)24-21(18)27-16-10-8-15(22)9-11-16/h3-4,6-11,24H,2,5,12-14H2,1H3,(H,23,25). The zero-order valence-electron chi connectivity index (χ0n) is 15.3. The van der Waals surface area contributed by atoms with Crippen LogP contribution in [-0.2, 0) is 16.0 Å². The SMILES string of the molecule is CCOCCCNC(=O)Cc1c(Sc2ccc(F)cc2)[nH]c2ccccc12. The summed E-state index contributed by atoms with van der Waals surface area (Å²) in [6, 6.07) is 14.3. The first-order chi connectivity index (χ1) is 13.2. The molecule has 0 saturated heterocycles. The number of H-pyrrole nitrogens is 1. The Morgan fingerprint density at radius 3 is 2.74 bits per heavy atom. The van der Waals surface area contributed by atoms with Gasteiger partial charge >= 0.3 is 0 Å². The summed E-state index contributed by atoms with van der Waals surface area (Å²) in [7, 11) is 0. The Bertz CT molecular complexity index is 893. The molecule has 142 valence electrons. The molecular formula is C21H23FN2O2S. The predicted molar refractivity (Wildman–Crippen MR) is 107 cm³/mol. The minimum atomic E-state index is -0.261. The number of rotatable bonds is 9. The lowest BCUT2D eigenvalue weighted by Gasteiger charge is -2.07. The molecule has 2 N–H and O–H groups in total. The average Bonchev–Trinajstić information content (AvgIpc) is 3.01. The Morgan fingerprint density at radius 2 is 1.96 bits per heavy atom. The van der Waals surface area contributed by atoms with Gasteiger partial charge in [0.2, 0.25) is 5.91 Å². The van der Waals surface area contributed by atoms with Gasteiger partial charge < -0.3 is 15.0 Å². The van der Waals surface area contributed by atoms with Gasteiger partial charge in [-0.3, -0.25) is 4.79 Å². The molecular weight excluding hydrogens is 363 g/mol. The number of nitrogens with one attached hydrogen (secondary N) is 2. The van der Waals surface area contributed by atoms with Crippen LogP contribution in [0.5, 0.6) is 0 Å². The number of fused-ring (bicyclic) bond motifs is 1. The summed E-state index contributed by atoms with van der Waals surface area (Å²) in [5, 5.41) is 4.89. The summed E-state index contributed by atoms with van der Waals surface area (Å²) in [5.41, 5.74) is 1.95. The number of carbonyl (C=O) groups is 1. The first-order valence-corrected chi connectivity index (χ1v) is 9.86. The van der Waals surface area contributed by atoms with E-state index in [0.29, 0.717) is 26.2 Å². The molecule has 0 aliphatic rings. The van der Waals surface area contributed by atoms with Gasteiger partial charge in [0, 0.05) is 41.1 Å². The zero-order valence-corrected chi connectivity index (χ0v) is 16.1. The third-order valence-corrected chi connectivity index (χ3v) is 5.20. The third-order valence-electron chi connectivity index (χ3n) is 4.14. The molecule has 0 fully saturated rings. The van der Waals surface area contributed by atoms with Crippen molar-refractivity contribution in [1.82, 2.24) is 10.3 Å². The molecule has 0 atom stereocenters. The highest BCUT2D eigenvalue weighted by Crippen LogP contribution is 2.34. The second-order valence-electron chi connectivity index (χ2n) is 6.11. The summed E-state index contributed by atoms with van der Waals surface area (Å²) in [4.78, 5) is 16.7. The fourth-order valence-corrected chi connectivity index (χ4v) is 3.80. The van der Waals surface area contributed by atoms with Crippen LogP contribution in [0.25, 0.3) is 10.9 Å². The topological polar surface area (TPSA) is 54.1 Å². The van der Waals surface area contributed by atoms with Crippen molar-refractivity contribution >= 4 is 28.6 Å². The molecule has 0 radical (unpaired) electrons. The number of para-hydroxylation sites is 1. The first-order valence-electron chi connectivity index (χ1n) is 9.05. The van der Waals surface area contributed by atoms with Crippen molar-refractivity contribution in [2.24, 2.45) is 0 Å². The molecule has 1 amide bonds. The molecule has 27 heavy (non-hydrogen) atoms. The van der Waals surface area contributed by atoms with Crippen LogP contribution in [0.4, 0.5) is 4.39 Å². The van der Waals surface area contributed by atoms with Gasteiger partial charge in [-0.2, -0.15) is 0 Å². The van der Waals surface area contributed by atoms with E-state index in [1.807, 2.05) is 31.2 Å². The van der Waals surface area contributed by atoms with E-state index in [2.05, 4.69) is 10.3 Å². The maximum atomic E-state index is 13.2. The van der Waals surface area contributed by atoms with Crippen LogP contribution in [-0.4, -0.2) is 30.6 Å². The number of hydrogen-bond donors (Lipinski definition) is 2. The summed E-state index contributed by atoms with van der Waals surface area (Å²) in [6.45, 7) is 3.89. The minimum Gasteiger partial charge on any atom is -0.382 e. The quantitative estimate of drug-likeness (QED) is 0.531. The van der Waals surface area contributed by atoms with E-state index < -0.39 is 0 Å². The van der Waals surface area contributed by atoms with E-state index in [0.717, 1.165) is 32.8 Å². The van der Waals surface area contributed by atoms with Crippen molar-refractivity contribution in [3.05, 3.63) is 59.9 Å². The van der Waals surface area contributed by atoms with Crippen LogP contribution in [0.2, 0.25) is 0 Å². The number of hydrogen-bond acceptors (Lipinski definition) is 3. The predicted octanol–water partition coefficient (Wildman–Crippen LogP) is 4.54. The van der Waals surface area contributed by atoms with E-state index in [4.69, 9.17) is 4.74 Å². The van der Waals surface area contributed by atoms with Gasteiger partial charge in [0.05, 0.1) is 11.4 Å². The number of amides is 1. The van der Waals surface area contributed by atoms with Crippen LogP contribution >= 0.6 is 11.8 Å². The molecule has 4 nitrogen and oxygen atoms in total. The summed E-state index contributed by atoms with van der Waals surface area (Å²) >= 11 is 1.50. The Morgan fingerprint density at radius 1 is 1.19 bits per heavy atom. The van der Waals surface area contributed by atoms with Crippen LogP contribution in [0.15, 0.2) is 58.5 Å². The Labute approximate surface area is 162 Å². The number of halogens is 1. The Hall–Kier alpha value is -2.31. The maximum Gasteiger partial charge on any atom is 0.224 e. The van der Waals surface area contributed by atoms with E-state index >= 15 is 0 Å². The van der Waals surface area contributed by atoms with Gasteiger partial charge in [-0.15, -0.1) is 0 Å². The highest BCUT2D eigenvalue weighted by molar-refractivity contribution is 7.99. The molecule has 0 aliphatic carbocycles. The second-order valence-corrected chi connectivity index (χ2v) is 7.20. The number of aromatic nitrogens is 1. The molecule has 3 rings (SSSR count). The van der Waals surface area contributed by atoms with Gasteiger partial charge in [-0.05, 0) is 43.7 Å². The first kappa shape index (κ1) is 19.5. The maximum absolute atomic E-state index is 13.2. The molecule has 0 aliphatic heterocycles. The lowest BCUT2D eigenvalue weighted by Crippen LogP contribution is -2.27. The van der Waals surface area contributed by atoms with E-state index in [1.165, 1.54) is 23.9 Å². The zero-order chi connectivity index (χ0) is 19.1. The van der Waals surface area contributed by atoms with Gasteiger partial charge in [0.1, 0.15) is 5.82 Å². The monoisotopic (exact) mass is 386 g/mol. The van der Waals surface area contributed by atoms with Crippen molar-refractivity contribution in [2.75, 3.05) is 19.8 Å². The number of ether oxygens (including phenoxy) is 1. The van der Waals surface area contributed by atoms with Crippen LogP contribution < -0.4 is 5.32 Å². The summed E-state index contributed by atoms with van der Waals surface area (Å²) in [6.07, 6.45) is 1.09. The highest BCUT2D eigenvalue weighted by atomic mass is 32.2. The molecule has 0 bridgehead atoms. The molecule has 0 saturated carbocycles. The van der Waals surface area contributed by atoms with Crippen molar-refractivity contribution in [3.63, 3.8) is 0 Å². The van der Waals surface area contributed by atoms with Gasteiger partial charge in [-0.25, -0.2) is 4.39 Å². The fraction of sp³-hybridized carbons (Fsp3) is 0.286.